The third-order valence-corrected chi connectivity index (χ3v) is 6.01. The minimum atomic E-state index is -3.81. The highest BCUT2D eigenvalue weighted by Gasteiger charge is 2.26. The van der Waals surface area contributed by atoms with Crippen LogP contribution in [0.4, 0.5) is 0 Å². The molecule has 3 rings (SSSR count). The van der Waals surface area contributed by atoms with Crippen molar-refractivity contribution in [2.45, 2.75) is 38.0 Å². The van der Waals surface area contributed by atoms with Gasteiger partial charge in [0.2, 0.25) is 0 Å². The van der Waals surface area contributed by atoms with E-state index in [1.807, 2.05) is 51.1 Å². The second-order valence-electron chi connectivity index (χ2n) is 7.48. The Morgan fingerprint density at radius 1 is 1.04 bits per heavy atom. The lowest BCUT2D eigenvalue weighted by molar-refractivity contribution is 0.397. The first-order chi connectivity index (χ1) is 12.6. The van der Waals surface area contributed by atoms with Crippen molar-refractivity contribution in [3.05, 3.63) is 66.0 Å². The molecule has 0 radical (unpaired) electrons. The van der Waals surface area contributed by atoms with Crippen molar-refractivity contribution in [3.8, 4) is 17.1 Å². The summed E-state index contributed by atoms with van der Waals surface area (Å²) in [5, 5.41) is 0. The van der Waals surface area contributed by atoms with Gasteiger partial charge in [-0.15, -0.1) is 0 Å². The van der Waals surface area contributed by atoms with E-state index in [1.54, 1.807) is 38.4 Å². The average molecular weight is 385 g/mol. The van der Waals surface area contributed by atoms with Gasteiger partial charge in [-0.3, -0.25) is 0 Å². The third-order valence-electron chi connectivity index (χ3n) is 4.36. The van der Waals surface area contributed by atoms with Crippen LogP contribution >= 0.6 is 0 Å². The Morgan fingerprint density at radius 3 is 2.30 bits per heavy atom. The van der Waals surface area contributed by atoms with Gasteiger partial charge in [-0.1, -0.05) is 51.1 Å². The Labute approximate surface area is 160 Å². The van der Waals surface area contributed by atoms with E-state index in [2.05, 4.69) is 4.98 Å². The van der Waals surface area contributed by atoms with E-state index in [1.165, 1.54) is 3.97 Å². The molecule has 0 saturated heterocycles. The van der Waals surface area contributed by atoms with E-state index in [9.17, 15) is 8.42 Å². The van der Waals surface area contributed by atoms with E-state index in [4.69, 9.17) is 4.74 Å². The Kier molecular flexibility index (Phi) is 4.86. The molecule has 1 heterocycles. The maximum atomic E-state index is 13.4. The van der Waals surface area contributed by atoms with Crippen molar-refractivity contribution >= 4 is 10.0 Å². The summed E-state index contributed by atoms with van der Waals surface area (Å²) >= 11 is 0. The molecule has 27 heavy (non-hydrogen) atoms. The van der Waals surface area contributed by atoms with Crippen LogP contribution in [0.5, 0.6) is 5.75 Å². The van der Waals surface area contributed by atoms with Crippen molar-refractivity contribution in [1.29, 1.82) is 0 Å². The summed E-state index contributed by atoms with van der Waals surface area (Å²) in [4.78, 5) is 4.65. The Hall–Kier alpha value is -2.60. The van der Waals surface area contributed by atoms with Gasteiger partial charge in [0, 0.05) is 17.3 Å². The van der Waals surface area contributed by atoms with Gasteiger partial charge >= 0.3 is 0 Å². The van der Waals surface area contributed by atoms with Gasteiger partial charge in [0.15, 0.2) is 5.82 Å². The molecule has 0 amide bonds. The largest absolute Gasteiger partial charge is 0.496 e. The highest BCUT2D eigenvalue weighted by atomic mass is 32.2. The topological polar surface area (TPSA) is 61.2 Å². The van der Waals surface area contributed by atoms with Crippen LogP contribution in [-0.2, 0) is 15.4 Å². The zero-order valence-electron chi connectivity index (χ0n) is 16.2. The highest BCUT2D eigenvalue weighted by Crippen LogP contribution is 2.34. The second-order valence-corrected chi connectivity index (χ2v) is 9.30. The fourth-order valence-electron chi connectivity index (χ4n) is 2.99. The van der Waals surface area contributed by atoms with Crippen LogP contribution in [0.2, 0.25) is 0 Å². The molecule has 0 N–H and O–H groups in total. The standard InChI is InChI=1S/C21H24N2O3S/c1-15-14-23(20(22-15)16-9-7-6-8-10-16)27(24,25)17-11-12-19(26-5)18(13-17)21(2,3)4/h6-14H,1-5H3. The lowest BCUT2D eigenvalue weighted by Crippen LogP contribution is -2.17. The average Bonchev–Trinajstić information content (AvgIpc) is 3.04. The normalized spacial score (nSPS) is 12.2. The van der Waals surface area contributed by atoms with E-state index in [0.717, 1.165) is 11.1 Å². The number of imidazole rings is 1. The van der Waals surface area contributed by atoms with Gasteiger partial charge in [0.05, 0.1) is 17.7 Å². The minimum absolute atomic E-state index is 0.211. The predicted octanol–water partition coefficient (Wildman–Crippen LogP) is 4.40. The number of methoxy groups -OCH3 is 1. The van der Waals surface area contributed by atoms with Crippen molar-refractivity contribution in [1.82, 2.24) is 8.96 Å². The molecule has 6 heteroatoms. The molecule has 3 aromatic rings. The monoisotopic (exact) mass is 384 g/mol. The van der Waals surface area contributed by atoms with Gasteiger partial charge in [-0.25, -0.2) is 17.4 Å². The molecule has 0 spiro atoms. The van der Waals surface area contributed by atoms with E-state index >= 15 is 0 Å². The minimum Gasteiger partial charge on any atom is -0.496 e. The van der Waals surface area contributed by atoms with Crippen molar-refractivity contribution in [2.24, 2.45) is 0 Å². The lowest BCUT2D eigenvalue weighted by Gasteiger charge is -2.23. The van der Waals surface area contributed by atoms with Crippen LogP contribution in [0.25, 0.3) is 11.4 Å². The van der Waals surface area contributed by atoms with Gasteiger partial charge in [0.1, 0.15) is 5.75 Å². The number of benzene rings is 2. The van der Waals surface area contributed by atoms with E-state index in [-0.39, 0.29) is 10.3 Å². The number of nitrogens with zero attached hydrogens (tertiary/aromatic N) is 2. The second kappa shape index (κ2) is 6.85. The number of hydrogen-bond donors (Lipinski definition) is 0. The summed E-state index contributed by atoms with van der Waals surface area (Å²) in [6.45, 7) is 7.86. The zero-order chi connectivity index (χ0) is 19.8. The molecule has 142 valence electrons. The van der Waals surface area contributed by atoms with Crippen LogP contribution in [-0.4, -0.2) is 24.5 Å². The summed E-state index contributed by atoms with van der Waals surface area (Å²) in [6.07, 6.45) is 1.55. The van der Waals surface area contributed by atoms with E-state index < -0.39 is 10.0 Å². The Bertz CT molecular complexity index is 1060. The van der Waals surface area contributed by atoms with Crippen LogP contribution in [0, 0.1) is 6.92 Å². The maximum absolute atomic E-state index is 13.4. The highest BCUT2D eigenvalue weighted by molar-refractivity contribution is 7.90. The molecule has 2 aromatic carbocycles. The maximum Gasteiger partial charge on any atom is 0.269 e. The molecule has 0 atom stereocenters. The summed E-state index contributed by atoms with van der Waals surface area (Å²) in [5.74, 6) is 1.08. The first-order valence-electron chi connectivity index (χ1n) is 8.70. The molecular weight excluding hydrogens is 360 g/mol. The van der Waals surface area contributed by atoms with Crippen molar-refractivity contribution in [3.63, 3.8) is 0 Å². The fourth-order valence-corrected chi connectivity index (χ4v) is 4.38. The first kappa shape index (κ1) is 19.2. The fraction of sp³-hybridized carbons (Fsp3) is 0.286. The van der Waals surface area contributed by atoms with Gasteiger partial charge in [-0.2, -0.15) is 0 Å². The number of aryl methyl sites for hydroxylation is 1. The molecule has 0 aliphatic heterocycles. The molecule has 0 fully saturated rings. The Balaban J connectivity index is 2.20. The molecule has 5 nitrogen and oxygen atoms in total. The van der Waals surface area contributed by atoms with Gasteiger partial charge < -0.3 is 4.74 Å². The molecule has 1 aromatic heterocycles. The molecule has 0 saturated carbocycles. The molecule has 0 aliphatic rings. The van der Waals surface area contributed by atoms with Crippen LogP contribution in [0.15, 0.2) is 59.6 Å². The summed E-state index contributed by atoms with van der Waals surface area (Å²) < 4.78 is 33.5. The SMILES string of the molecule is COc1ccc(S(=O)(=O)n2cc(C)nc2-c2ccccc2)cc1C(C)(C)C. The van der Waals surface area contributed by atoms with Crippen LogP contribution in [0.1, 0.15) is 32.0 Å². The molecular formula is C21H24N2O3S. The molecule has 0 unspecified atom stereocenters. The Morgan fingerprint density at radius 2 is 1.70 bits per heavy atom. The van der Waals surface area contributed by atoms with Crippen LogP contribution < -0.4 is 4.74 Å². The number of hydrogen-bond acceptors (Lipinski definition) is 4. The summed E-state index contributed by atoms with van der Waals surface area (Å²) in [7, 11) is -2.22. The first-order valence-corrected chi connectivity index (χ1v) is 10.1. The summed E-state index contributed by atoms with van der Waals surface area (Å²) in [6, 6.07) is 14.3. The number of aromatic nitrogens is 2. The predicted molar refractivity (Wildman–Crippen MR) is 107 cm³/mol. The molecule has 0 aliphatic carbocycles. The van der Waals surface area contributed by atoms with E-state index in [0.29, 0.717) is 17.3 Å². The summed E-state index contributed by atoms with van der Waals surface area (Å²) in [5.41, 5.74) is 1.97. The zero-order valence-corrected chi connectivity index (χ0v) is 17.0. The van der Waals surface area contributed by atoms with Gasteiger partial charge in [-0.05, 0) is 30.5 Å². The molecule has 0 bridgehead atoms. The quantitative estimate of drug-likeness (QED) is 0.669. The van der Waals surface area contributed by atoms with Gasteiger partial charge in [0.25, 0.3) is 10.0 Å². The van der Waals surface area contributed by atoms with Crippen molar-refractivity contribution < 1.29 is 13.2 Å². The van der Waals surface area contributed by atoms with Crippen LogP contribution in [0.3, 0.4) is 0 Å². The number of ether oxygens (including phenoxy) is 1. The van der Waals surface area contributed by atoms with Crippen molar-refractivity contribution in [2.75, 3.05) is 7.11 Å². The third kappa shape index (κ3) is 3.62. The lowest BCUT2D eigenvalue weighted by atomic mass is 9.86. The number of rotatable bonds is 4. The smallest absolute Gasteiger partial charge is 0.269 e.